The third kappa shape index (κ3) is 4.52. The van der Waals surface area contributed by atoms with E-state index in [-0.39, 0.29) is 36.6 Å². The van der Waals surface area contributed by atoms with Crippen molar-refractivity contribution in [3.8, 4) is 0 Å². The van der Waals surface area contributed by atoms with Crippen LogP contribution >= 0.6 is 0 Å². The Morgan fingerprint density at radius 3 is 2.27 bits per heavy atom. The van der Waals surface area contributed by atoms with Gasteiger partial charge in [0.2, 0.25) is 5.91 Å². The Morgan fingerprint density at radius 1 is 1.17 bits per heavy atom. The molecule has 170 valence electrons. The van der Waals surface area contributed by atoms with Crippen molar-refractivity contribution >= 4 is 17.6 Å². The van der Waals surface area contributed by atoms with Gasteiger partial charge in [-0.25, -0.2) is 0 Å². The molecule has 2 fully saturated rings. The highest BCUT2D eigenvalue weighted by Crippen LogP contribution is 2.41. The lowest BCUT2D eigenvalue weighted by molar-refractivity contribution is -0.185. The maximum atomic E-state index is 13.2. The van der Waals surface area contributed by atoms with Gasteiger partial charge in [-0.3, -0.25) is 19.5 Å². The maximum absolute atomic E-state index is 13.2. The largest absolute Gasteiger partial charge is 0.391 e. The first-order valence-corrected chi connectivity index (χ1v) is 11.4. The van der Waals surface area contributed by atoms with Gasteiger partial charge in [0.15, 0.2) is 0 Å². The topological polar surface area (TPSA) is 53.0 Å². The molecule has 3 aliphatic rings. The summed E-state index contributed by atoms with van der Waals surface area (Å²) < 4.78 is 38.7. The third-order valence-electron chi connectivity index (χ3n) is 6.95. The first kappa shape index (κ1) is 23.1. The fourth-order valence-corrected chi connectivity index (χ4v) is 5.08. The lowest BCUT2D eigenvalue weighted by atomic mass is 9.80. The van der Waals surface area contributed by atoms with Gasteiger partial charge in [0.05, 0.1) is 5.92 Å². The molecule has 2 amide bonds. The summed E-state index contributed by atoms with van der Waals surface area (Å²) in [6.07, 6.45) is 0.283. The SMILES string of the molecule is CCCCC1=NC2(CCN(C(=O)C3CCC(C(F)(F)F)CC3)CC2)C(=O)N1C(C)C. The quantitative estimate of drug-likeness (QED) is 0.644. The van der Waals surface area contributed by atoms with Gasteiger partial charge in [-0.15, -0.1) is 0 Å². The standard InChI is InChI=1S/C22H34F3N3O2/c1-4-5-6-18-26-21(20(30)28(18)15(2)3)11-13-27(14-12-21)19(29)16-7-9-17(10-8-16)22(23,24)25/h15-17H,4-14H2,1-3H3. The molecule has 5 nitrogen and oxygen atoms in total. The maximum Gasteiger partial charge on any atom is 0.391 e. The summed E-state index contributed by atoms with van der Waals surface area (Å²) in [6, 6.07) is 0.0518. The lowest BCUT2D eigenvalue weighted by Crippen LogP contribution is -2.53. The van der Waals surface area contributed by atoms with E-state index in [1.807, 2.05) is 18.7 Å². The zero-order valence-corrected chi connectivity index (χ0v) is 18.3. The molecule has 0 N–H and O–H groups in total. The minimum absolute atomic E-state index is 0.0323. The van der Waals surface area contributed by atoms with E-state index in [2.05, 4.69) is 6.92 Å². The van der Waals surface area contributed by atoms with E-state index >= 15 is 0 Å². The van der Waals surface area contributed by atoms with Crippen molar-refractivity contribution in [3.63, 3.8) is 0 Å². The normalized spacial score (nSPS) is 27.2. The minimum Gasteiger partial charge on any atom is -0.342 e. The number of amides is 2. The number of halogens is 3. The number of unbranched alkanes of at least 4 members (excludes halogenated alkanes) is 1. The second-order valence-electron chi connectivity index (χ2n) is 9.35. The van der Waals surface area contributed by atoms with E-state index in [1.54, 1.807) is 4.90 Å². The van der Waals surface area contributed by atoms with Crippen LogP contribution < -0.4 is 0 Å². The summed E-state index contributed by atoms with van der Waals surface area (Å²) in [7, 11) is 0. The van der Waals surface area contributed by atoms with Gasteiger partial charge in [0.25, 0.3) is 5.91 Å². The highest BCUT2D eigenvalue weighted by molar-refractivity contribution is 6.08. The molecule has 1 saturated heterocycles. The Labute approximate surface area is 177 Å². The summed E-state index contributed by atoms with van der Waals surface area (Å²) in [6.45, 7) is 6.99. The fraction of sp³-hybridized carbons (Fsp3) is 0.864. The Bertz CT molecular complexity index is 674. The van der Waals surface area contributed by atoms with E-state index < -0.39 is 17.6 Å². The van der Waals surface area contributed by atoms with E-state index in [4.69, 9.17) is 4.99 Å². The van der Waals surface area contributed by atoms with Crippen LogP contribution in [0.5, 0.6) is 0 Å². The van der Waals surface area contributed by atoms with Gasteiger partial charge < -0.3 is 4.90 Å². The van der Waals surface area contributed by atoms with Crippen LogP contribution in [0.2, 0.25) is 0 Å². The van der Waals surface area contributed by atoms with Gasteiger partial charge in [-0.1, -0.05) is 13.3 Å². The van der Waals surface area contributed by atoms with Crippen LogP contribution in [0.4, 0.5) is 13.2 Å². The van der Waals surface area contributed by atoms with Crippen molar-refractivity contribution in [2.75, 3.05) is 13.1 Å². The van der Waals surface area contributed by atoms with Crippen LogP contribution in [0, 0.1) is 11.8 Å². The Kier molecular flexibility index (Phi) is 6.82. The number of rotatable bonds is 5. The minimum atomic E-state index is -4.16. The van der Waals surface area contributed by atoms with Crippen molar-refractivity contribution in [2.45, 2.75) is 96.3 Å². The molecular formula is C22H34F3N3O2. The molecule has 1 aliphatic carbocycles. The molecule has 1 spiro atoms. The molecule has 8 heteroatoms. The molecular weight excluding hydrogens is 395 g/mol. The molecule has 2 aliphatic heterocycles. The average molecular weight is 430 g/mol. The first-order valence-electron chi connectivity index (χ1n) is 11.4. The second kappa shape index (κ2) is 8.87. The van der Waals surface area contributed by atoms with E-state index in [0.29, 0.717) is 38.8 Å². The van der Waals surface area contributed by atoms with Crippen LogP contribution in [0.3, 0.4) is 0 Å². The summed E-state index contributed by atoms with van der Waals surface area (Å²) in [5.41, 5.74) is -0.766. The molecule has 30 heavy (non-hydrogen) atoms. The number of nitrogens with zero attached hydrogens (tertiary/aromatic N) is 3. The van der Waals surface area contributed by atoms with Crippen LogP contribution in [0.1, 0.15) is 78.6 Å². The van der Waals surface area contributed by atoms with Crippen molar-refractivity contribution in [1.82, 2.24) is 9.80 Å². The lowest BCUT2D eigenvalue weighted by Gasteiger charge is -2.39. The Balaban J connectivity index is 1.61. The van der Waals surface area contributed by atoms with Gasteiger partial charge in [-0.2, -0.15) is 13.2 Å². The molecule has 1 saturated carbocycles. The summed E-state index contributed by atoms with van der Waals surface area (Å²) in [4.78, 5) is 34.5. The summed E-state index contributed by atoms with van der Waals surface area (Å²) in [5, 5.41) is 0. The zero-order chi connectivity index (χ0) is 22.1. The zero-order valence-electron chi connectivity index (χ0n) is 18.3. The number of likely N-dealkylation sites (tertiary alicyclic amines) is 1. The number of carbonyl (C=O) groups is 2. The smallest absolute Gasteiger partial charge is 0.342 e. The van der Waals surface area contributed by atoms with Crippen LogP contribution in [-0.4, -0.2) is 58.3 Å². The fourth-order valence-electron chi connectivity index (χ4n) is 5.08. The van der Waals surface area contributed by atoms with Crippen molar-refractivity contribution in [2.24, 2.45) is 16.8 Å². The number of amidine groups is 1. The van der Waals surface area contributed by atoms with Gasteiger partial charge in [0, 0.05) is 31.5 Å². The molecule has 2 heterocycles. The highest BCUT2D eigenvalue weighted by Gasteiger charge is 2.51. The first-order chi connectivity index (χ1) is 14.1. The van der Waals surface area contributed by atoms with Crippen molar-refractivity contribution in [1.29, 1.82) is 0 Å². The van der Waals surface area contributed by atoms with Crippen LogP contribution in [0.25, 0.3) is 0 Å². The molecule has 0 atom stereocenters. The average Bonchev–Trinajstić information content (AvgIpc) is 2.97. The number of carbonyl (C=O) groups excluding carboxylic acids is 2. The van der Waals surface area contributed by atoms with Crippen molar-refractivity contribution in [3.05, 3.63) is 0 Å². The van der Waals surface area contributed by atoms with E-state index in [1.165, 1.54) is 0 Å². The molecule has 0 aromatic rings. The molecule has 0 radical (unpaired) electrons. The predicted molar refractivity (Wildman–Crippen MR) is 109 cm³/mol. The van der Waals surface area contributed by atoms with Gasteiger partial charge in [-0.05, 0) is 58.8 Å². The highest BCUT2D eigenvalue weighted by atomic mass is 19.4. The van der Waals surface area contributed by atoms with Gasteiger partial charge in [0.1, 0.15) is 11.4 Å². The van der Waals surface area contributed by atoms with E-state index in [0.717, 1.165) is 25.1 Å². The van der Waals surface area contributed by atoms with E-state index in [9.17, 15) is 22.8 Å². The summed E-state index contributed by atoms with van der Waals surface area (Å²) >= 11 is 0. The summed E-state index contributed by atoms with van der Waals surface area (Å²) in [5.74, 6) is -0.747. The van der Waals surface area contributed by atoms with Gasteiger partial charge >= 0.3 is 6.18 Å². The molecule has 0 aromatic carbocycles. The molecule has 0 unspecified atom stereocenters. The number of hydrogen-bond acceptors (Lipinski definition) is 3. The Hall–Kier alpha value is -1.60. The monoisotopic (exact) mass is 429 g/mol. The predicted octanol–water partition coefficient (Wildman–Crippen LogP) is 4.56. The number of piperidine rings is 1. The number of alkyl halides is 3. The molecule has 0 bridgehead atoms. The number of hydrogen-bond donors (Lipinski definition) is 0. The van der Waals surface area contributed by atoms with Crippen LogP contribution in [-0.2, 0) is 9.59 Å². The van der Waals surface area contributed by atoms with Crippen molar-refractivity contribution < 1.29 is 22.8 Å². The second-order valence-corrected chi connectivity index (χ2v) is 9.35. The van der Waals surface area contributed by atoms with Crippen LogP contribution in [0.15, 0.2) is 4.99 Å². The third-order valence-corrected chi connectivity index (χ3v) is 6.95. The molecule has 0 aromatic heterocycles. The number of aliphatic imine (C=N–C) groups is 1. The Morgan fingerprint density at radius 2 is 1.77 bits per heavy atom. The molecule has 3 rings (SSSR count).